The number of nitrogens with one attached hydrogen (secondary N) is 1. The maximum Gasteiger partial charge on any atom is 0.256 e. The molecule has 1 aliphatic heterocycles. The van der Waals surface area contributed by atoms with E-state index in [4.69, 9.17) is 0 Å². The Balaban J connectivity index is 1.69. The fourth-order valence-corrected chi connectivity index (χ4v) is 3.30. The summed E-state index contributed by atoms with van der Waals surface area (Å²) in [6, 6.07) is 8.07. The number of benzene rings is 1. The van der Waals surface area contributed by atoms with Crippen LogP contribution in [0.5, 0.6) is 0 Å². The Morgan fingerprint density at radius 2 is 1.95 bits per heavy atom. The molecule has 1 saturated heterocycles. The van der Waals surface area contributed by atoms with Crippen LogP contribution in [0, 0.1) is 6.92 Å². The van der Waals surface area contributed by atoms with Gasteiger partial charge in [0.25, 0.3) is 5.56 Å². The Morgan fingerprint density at radius 3 is 2.76 bits per heavy atom. The molecule has 1 aliphatic rings. The zero-order chi connectivity index (χ0) is 14.7. The molecule has 3 rings (SSSR count). The zero-order valence-electron chi connectivity index (χ0n) is 12.8. The summed E-state index contributed by atoms with van der Waals surface area (Å²) in [5, 5.41) is 1.89. The monoisotopic (exact) mass is 284 g/mol. The van der Waals surface area contributed by atoms with Crippen LogP contribution in [0.15, 0.2) is 29.1 Å². The van der Waals surface area contributed by atoms with Gasteiger partial charge in [0.1, 0.15) is 0 Å². The SMILES string of the molecule is Cc1cccc2c(=O)[nH]c(CCCN3CCCCC3)cc12. The van der Waals surface area contributed by atoms with Crippen molar-refractivity contribution in [2.45, 2.75) is 39.0 Å². The van der Waals surface area contributed by atoms with Gasteiger partial charge in [0.2, 0.25) is 0 Å². The van der Waals surface area contributed by atoms with Gasteiger partial charge in [-0.2, -0.15) is 0 Å². The molecule has 0 aliphatic carbocycles. The molecule has 1 aromatic heterocycles. The number of hydrogen-bond acceptors (Lipinski definition) is 2. The molecule has 0 unspecified atom stereocenters. The maximum atomic E-state index is 12.2. The average Bonchev–Trinajstić information content (AvgIpc) is 2.50. The van der Waals surface area contributed by atoms with Gasteiger partial charge in [0, 0.05) is 11.1 Å². The van der Waals surface area contributed by atoms with Crippen molar-refractivity contribution >= 4 is 10.8 Å². The van der Waals surface area contributed by atoms with E-state index in [1.165, 1.54) is 37.9 Å². The van der Waals surface area contributed by atoms with Crippen LogP contribution in [0.4, 0.5) is 0 Å². The largest absolute Gasteiger partial charge is 0.326 e. The lowest BCUT2D eigenvalue weighted by atomic mass is 10.0. The Morgan fingerprint density at radius 1 is 1.14 bits per heavy atom. The van der Waals surface area contributed by atoms with Crippen molar-refractivity contribution in [1.82, 2.24) is 9.88 Å². The summed E-state index contributed by atoms with van der Waals surface area (Å²) in [5.74, 6) is 0. The Kier molecular flexibility index (Phi) is 4.39. The van der Waals surface area contributed by atoms with Crippen LogP contribution in [0.25, 0.3) is 10.8 Å². The Bertz CT molecular complexity index is 668. The highest BCUT2D eigenvalue weighted by molar-refractivity contribution is 5.84. The van der Waals surface area contributed by atoms with Crippen molar-refractivity contribution in [2.24, 2.45) is 0 Å². The van der Waals surface area contributed by atoms with Crippen LogP contribution < -0.4 is 5.56 Å². The normalized spacial score (nSPS) is 16.4. The van der Waals surface area contributed by atoms with Crippen LogP contribution in [0.2, 0.25) is 0 Å². The summed E-state index contributed by atoms with van der Waals surface area (Å²) in [6.07, 6.45) is 6.13. The maximum absolute atomic E-state index is 12.2. The number of piperidine rings is 1. The first-order valence-corrected chi connectivity index (χ1v) is 8.08. The molecule has 112 valence electrons. The summed E-state index contributed by atoms with van der Waals surface area (Å²) in [4.78, 5) is 17.7. The lowest BCUT2D eigenvalue weighted by molar-refractivity contribution is 0.226. The van der Waals surface area contributed by atoms with E-state index in [0.717, 1.165) is 35.9 Å². The number of rotatable bonds is 4. The quantitative estimate of drug-likeness (QED) is 0.935. The third-order valence-electron chi connectivity index (χ3n) is 4.53. The molecule has 0 atom stereocenters. The molecule has 1 N–H and O–H groups in total. The number of fused-ring (bicyclic) bond motifs is 1. The van der Waals surface area contributed by atoms with E-state index >= 15 is 0 Å². The first-order chi connectivity index (χ1) is 10.2. The molecule has 1 fully saturated rings. The summed E-state index contributed by atoms with van der Waals surface area (Å²) in [6.45, 7) is 5.70. The molecule has 3 heteroatoms. The number of H-pyrrole nitrogens is 1. The number of pyridine rings is 1. The smallest absolute Gasteiger partial charge is 0.256 e. The highest BCUT2D eigenvalue weighted by Gasteiger charge is 2.10. The minimum absolute atomic E-state index is 0.0455. The first-order valence-electron chi connectivity index (χ1n) is 8.08. The van der Waals surface area contributed by atoms with Gasteiger partial charge in [0.05, 0.1) is 0 Å². The molecule has 21 heavy (non-hydrogen) atoms. The molecule has 0 bridgehead atoms. The third-order valence-corrected chi connectivity index (χ3v) is 4.53. The number of nitrogens with zero attached hydrogens (tertiary/aromatic N) is 1. The van der Waals surface area contributed by atoms with E-state index in [9.17, 15) is 4.79 Å². The van der Waals surface area contributed by atoms with Crippen LogP contribution in [-0.2, 0) is 6.42 Å². The van der Waals surface area contributed by atoms with Crippen molar-refractivity contribution in [3.05, 3.63) is 45.9 Å². The molecular weight excluding hydrogens is 260 g/mol. The van der Waals surface area contributed by atoms with Gasteiger partial charge in [-0.3, -0.25) is 4.79 Å². The van der Waals surface area contributed by atoms with Crippen molar-refractivity contribution < 1.29 is 0 Å². The minimum atomic E-state index is 0.0455. The Labute approximate surface area is 126 Å². The van der Waals surface area contributed by atoms with Crippen molar-refractivity contribution in [2.75, 3.05) is 19.6 Å². The standard InChI is InChI=1S/C18H24N2O/c1-14-7-5-9-16-17(14)13-15(19-18(16)21)8-6-12-20-10-3-2-4-11-20/h5,7,9,13H,2-4,6,8,10-12H2,1H3,(H,19,21). The van der Waals surface area contributed by atoms with Gasteiger partial charge >= 0.3 is 0 Å². The second-order valence-electron chi connectivity index (χ2n) is 6.17. The van der Waals surface area contributed by atoms with Crippen molar-refractivity contribution in [3.8, 4) is 0 Å². The van der Waals surface area contributed by atoms with E-state index in [0.29, 0.717) is 0 Å². The molecule has 0 amide bonds. The van der Waals surface area contributed by atoms with E-state index in [1.807, 2.05) is 12.1 Å². The predicted octanol–water partition coefficient (Wildman–Crippen LogP) is 3.26. The molecule has 0 saturated carbocycles. The van der Waals surface area contributed by atoms with Crippen LogP contribution >= 0.6 is 0 Å². The van der Waals surface area contributed by atoms with Gasteiger partial charge in [-0.05, 0) is 75.3 Å². The number of likely N-dealkylation sites (tertiary alicyclic amines) is 1. The lowest BCUT2D eigenvalue weighted by Crippen LogP contribution is -2.30. The molecule has 1 aromatic carbocycles. The average molecular weight is 284 g/mol. The van der Waals surface area contributed by atoms with Gasteiger partial charge < -0.3 is 9.88 Å². The molecule has 2 heterocycles. The topological polar surface area (TPSA) is 36.1 Å². The first kappa shape index (κ1) is 14.3. The predicted molar refractivity (Wildman–Crippen MR) is 87.9 cm³/mol. The van der Waals surface area contributed by atoms with Crippen LogP contribution in [0.1, 0.15) is 36.9 Å². The summed E-state index contributed by atoms with van der Waals surface area (Å²) >= 11 is 0. The van der Waals surface area contributed by atoms with E-state index in [-0.39, 0.29) is 5.56 Å². The number of aromatic amines is 1. The van der Waals surface area contributed by atoms with Crippen LogP contribution in [-0.4, -0.2) is 29.5 Å². The fourth-order valence-electron chi connectivity index (χ4n) is 3.30. The Hall–Kier alpha value is -1.61. The fraction of sp³-hybridized carbons (Fsp3) is 0.500. The van der Waals surface area contributed by atoms with Crippen molar-refractivity contribution in [3.63, 3.8) is 0 Å². The van der Waals surface area contributed by atoms with Gasteiger partial charge in [-0.15, -0.1) is 0 Å². The molecule has 0 spiro atoms. The van der Waals surface area contributed by atoms with E-state index in [2.05, 4.69) is 28.9 Å². The number of aryl methyl sites for hydroxylation is 2. The number of aromatic nitrogens is 1. The highest BCUT2D eigenvalue weighted by Crippen LogP contribution is 2.16. The minimum Gasteiger partial charge on any atom is -0.326 e. The van der Waals surface area contributed by atoms with Crippen molar-refractivity contribution in [1.29, 1.82) is 0 Å². The van der Waals surface area contributed by atoms with E-state index < -0.39 is 0 Å². The second kappa shape index (κ2) is 6.44. The van der Waals surface area contributed by atoms with E-state index in [1.54, 1.807) is 0 Å². The van der Waals surface area contributed by atoms with Gasteiger partial charge in [0.15, 0.2) is 0 Å². The second-order valence-corrected chi connectivity index (χ2v) is 6.17. The molecular formula is C18H24N2O. The lowest BCUT2D eigenvalue weighted by Gasteiger charge is -2.26. The molecule has 3 nitrogen and oxygen atoms in total. The summed E-state index contributed by atoms with van der Waals surface area (Å²) < 4.78 is 0. The number of hydrogen-bond donors (Lipinski definition) is 1. The summed E-state index contributed by atoms with van der Waals surface area (Å²) in [5.41, 5.74) is 2.29. The highest BCUT2D eigenvalue weighted by atomic mass is 16.1. The third kappa shape index (κ3) is 3.35. The summed E-state index contributed by atoms with van der Waals surface area (Å²) in [7, 11) is 0. The van der Waals surface area contributed by atoms with Crippen LogP contribution in [0.3, 0.4) is 0 Å². The molecule has 2 aromatic rings. The van der Waals surface area contributed by atoms with Gasteiger partial charge in [-0.25, -0.2) is 0 Å². The van der Waals surface area contributed by atoms with Gasteiger partial charge in [-0.1, -0.05) is 18.6 Å². The zero-order valence-corrected chi connectivity index (χ0v) is 12.8. The molecule has 0 radical (unpaired) electrons.